The van der Waals surface area contributed by atoms with Gasteiger partial charge in [0, 0.05) is 30.0 Å². The molecule has 0 unspecified atom stereocenters. The number of nitrogens with zero attached hydrogens (tertiary/aromatic N) is 1. The number of hydrogen-bond donors (Lipinski definition) is 2. The minimum absolute atomic E-state index is 0.0962. The molecule has 0 aromatic heterocycles. The van der Waals surface area contributed by atoms with Gasteiger partial charge in [-0.25, -0.2) is 8.78 Å². The first-order chi connectivity index (χ1) is 8.24. The Morgan fingerprint density at radius 3 is 2.44 bits per heavy atom. The summed E-state index contributed by atoms with van der Waals surface area (Å²) in [7, 11) is 0. The molecule has 0 aliphatic heterocycles. The van der Waals surface area contributed by atoms with E-state index in [0.29, 0.717) is 17.9 Å². The highest BCUT2D eigenvalue weighted by molar-refractivity contribution is 5.60. The quantitative estimate of drug-likeness (QED) is 0.798. The van der Waals surface area contributed by atoms with Gasteiger partial charge in [0.25, 0.3) is 6.43 Å². The number of aliphatic hydroxyl groups is 1. The minimum atomic E-state index is -2.58. The molecule has 0 aliphatic rings. The summed E-state index contributed by atoms with van der Waals surface area (Å²) in [5.74, 6) is 0. The fourth-order valence-corrected chi connectivity index (χ4v) is 1.87. The van der Waals surface area contributed by atoms with Crippen molar-refractivity contribution in [2.24, 2.45) is 0 Å². The number of rotatable bonds is 5. The van der Waals surface area contributed by atoms with E-state index in [1.807, 2.05) is 6.92 Å². The number of nitrogen functional groups attached to an aromatic ring is 1. The second-order valence-corrected chi connectivity index (χ2v) is 4.95. The normalized spacial score (nSPS) is 11.9. The number of benzene rings is 1. The van der Waals surface area contributed by atoms with Crippen LogP contribution in [0.4, 0.5) is 20.2 Å². The summed E-state index contributed by atoms with van der Waals surface area (Å²) < 4.78 is 26.0. The van der Waals surface area contributed by atoms with Gasteiger partial charge in [-0.15, -0.1) is 0 Å². The van der Waals surface area contributed by atoms with Gasteiger partial charge >= 0.3 is 0 Å². The van der Waals surface area contributed by atoms with Crippen molar-refractivity contribution in [3.63, 3.8) is 0 Å². The van der Waals surface area contributed by atoms with Crippen LogP contribution in [0.3, 0.4) is 0 Å². The lowest BCUT2D eigenvalue weighted by atomic mass is 10.1. The molecule has 0 atom stereocenters. The molecule has 0 saturated carbocycles. The predicted molar refractivity (Wildman–Crippen MR) is 70.0 cm³/mol. The lowest BCUT2D eigenvalue weighted by Gasteiger charge is -2.31. The van der Waals surface area contributed by atoms with E-state index in [1.54, 1.807) is 30.9 Å². The second-order valence-electron chi connectivity index (χ2n) is 4.95. The van der Waals surface area contributed by atoms with Crippen LogP contribution in [-0.2, 0) is 0 Å². The van der Waals surface area contributed by atoms with Crippen LogP contribution in [0.2, 0.25) is 0 Å². The van der Waals surface area contributed by atoms with Gasteiger partial charge in [0.1, 0.15) is 0 Å². The molecule has 1 aromatic carbocycles. The number of hydrogen-bond acceptors (Lipinski definition) is 3. The molecule has 0 amide bonds. The molecule has 3 N–H and O–H groups in total. The largest absolute Gasteiger partial charge is 0.399 e. The molecule has 1 aromatic rings. The van der Waals surface area contributed by atoms with Crippen molar-refractivity contribution in [1.82, 2.24) is 0 Å². The van der Waals surface area contributed by atoms with Crippen molar-refractivity contribution in [1.29, 1.82) is 0 Å². The second kappa shape index (κ2) is 5.52. The zero-order valence-electron chi connectivity index (χ0n) is 11.0. The third-order valence-corrected chi connectivity index (χ3v) is 2.59. The Bertz CT molecular complexity index is 402. The number of halogens is 2. The summed E-state index contributed by atoms with van der Waals surface area (Å²) in [5.41, 5.74) is 5.22. The van der Waals surface area contributed by atoms with Crippen LogP contribution in [0.15, 0.2) is 18.2 Å². The zero-order chi connectivity index (χ0) is 13.9. The van der Waals surface area contributed by atoms with Crippen LogP contribution < -0.4 is 10.6 Å². The fourth-order valence-electron chi connectivity index (χ4n) is 1.87. The van der Waals surface area contributed by atoms with E-state index in [9.17, 15) is 13.9 Å². The van der Waals surface area contributed by atoms with E-state index < -0.39 is 12.0 Å². The molecule has 0 spiro atoms. The van der Waals surface area contributed by atoms with Gasteiger partial charge < -0.3 is 15.7 Å². The van der Waals surface area contributed by atoms with Crippen molar-refractivity contribution in [3.05, 3.63) is 23.8 Å². The van der Waals surface area contributed by atoms with Crippen molar-refractivity contribution >= 4 is 11.4 Å². The SMILES string of the molecule is CCN(CC(C)(C)O)c1ccc(N)cc1C(F)F. The smallest absolute Gasteiger partial charge is 0.265 e. The zero-order valence-corrected chi connectivity index (χ0v) is 11.0. The van der Waals surface area contributed by atoms with E-state index in [1.165, 1.54) is 6.07 Å². The van der Waals surface area contributed by atoms with Gasteiger partial charge in [-0.3, -0.25) is 0 Å². The number of nitrogens with two attached hydrogens (primary N) is 1. The van der Waals surface area contributed by atoms with Gasteiger partial charge in [0.05, 0.1) is 5.60 Å². The Hall–Kier alpha value is -1.36. The summed E-state index contributed by atoms with van der Waals surface area (Å²) in [6.45, 7) is 5.97. The van der Waals surface area contributed by atoms with E-state index in [-0.39, 0.29) is 12.1 Å². The predicted octanol–water partition coefficient (Wildman–Crippen LogP) is 2.80. The average Bonchev–Trinajstić information content (AvgIpc) is 2.24. The van der Waals surface area contributed by atoms with Gasteiger partial charge in [-0.05, 0) is 39.0 Å². The van der Waals surface area contributed by atoms with Crippen LogP contribution in [0.25, 0.3) is 0 Å². The molecule has 102 valence electrons. The molecule has 5 heteroatoms. The van der Waals surface area contributed by atoms with Crippen molar-refractivity contribution in [2.75, 3.05) is 23.7 Å². The third kappa shape index (κ3) is 3.84. The first-order valence-electron chi connectivity index (χ1n) is 5.89. The summed E-state index contributed by atoms with van der Waals surface area (Å²) in [5, 5.41) is 9.81. The Balaban J connectivity index is 3.12. The molecule has 3 nitrogen and oxygen atoms in total. The molecular weight excluding hydrogens is 238 g/mol. The highest BCUT2D eigenvalue weighted by Crippen LogP contribution is 2.32. The maximum Gasteiger partial charge on any atom is 0.265 e. The van der Waals surface area contributed by atoms with E-state index in [0.717, 1.165) is 0 Å². The topological polar surface area (TPSA) is 49.5 Å². The molecule has 0 aliphatic carbocycles. The number of alkyl halides is 2. The number of anilines is 2. The fraction of sp³-hybridized carbons (Fsp3) is 0.538. The maximum absolute atomic E-state index is 13.0. The van der Waals surface area contributed by atoms with Crippen LogP contribution in [0, 0.1) is 0 Å². The molecule has 0 radical (unpaired) electrons. The Morgan fingerprint density at radius 2 is 2.00 bits per heavy atom. The van der Waals surface area contributed by atoms with Crippen LogP contribution in [0.5, 0.6) is 0 Å². The first kappa shape index (κ1) is 14.7. The van der Waals surface area contributed by atoms with Crippen LogP contribution in [-0.4, -0.2) is 23.8 Å². The lowest BCUT2D eigenvalue weighted by molar-refractivity contribution is 0.0871. The maximum atomic E-state index is 13.0. The first-order valence-corrected chi connectivity index (χ1v) is 5.89. The molecule has 0 bridgehead atoms. The Morgan fingerprint density at radius 1 is 1.39 bits per heavy atom. The molecule has 0 saturated heterocycles. The summed E-state index contributed by atoms with van der Waals surface area (Å²) >= 11 is 0. The molecule has 18 heavy (non-hydrogen) atoms. The van der Waals surface area contributed by atoms with Crippen LogP contribution in [0.1, 0.15) is 32.8 Å². The summed E-state index contributed by atoms with van der Waals surface area (Å²) in [6.07, 6.45) is -2.58. The molecule has 1 rings (SSSR count). The standard InChI is InChI=1S/C13H20F2N2O/c1-4-17(8-13(2,3)18)11-6-5-9(16)7-10(11)12(14)15/h5-7,12,18H,4,8,16H2,1-3H3. The molecule has 0 heterocycles. The van der Waals surface area contributed by atoms with Gasteiger partial charge in [-0.2, -0.15) is 0 Å². The van der Waals surface area contributed by atoms with E-state index >= 15 is 0 Å². The highest BCUT2D eigenvalue weighted by atomic mass is 19.3. The van der Waals surface area contributed by atoms with Gasteiger partial charge in [0.2, 0.25) is 0 Å². The van der Waals surface area contributed by atoms with Crippen molar-refractivity contribution < 1.29 is 13.9 Å². The minimum Gasteiger partial charge on any atom is -0.399 e. The lowest BCUT2D eigenvalue weighted by Crippen LogP contribution is -2.39. The molecule has 0 fully saturated rings. The van der Waals surface area contributed by atoms with Gasteiger partial charge in [-0.1, -0.05) is 0 Å². The van der Waals surface area contributed by atoms with E-state index in [2.05, 4.69) is 0 Å². The number of likely N-dealkylation sites (N-methyl/N-ethyl adjacent to an activating group) is 1. The monoisotopic (exact) mass is 258 g/mol. The van der Waals surface area contributed by atoms with Crippen molar-refractivity contribution in [3.8, 4) is 0 Å². The van der Waals surface area contributed by atoms with Crippen LogP contribution >= 0.6 is 0 Å². The highest BCUT2D eigenvalue weighted by Gasteiger charge is 2.22. The molecular formula is C13H20F2N2O. The third-order valence-electron chi connectivity index (χ3n) is 2.59. The van der Waals surface area contributed by atoms with E-state index in [4.69, 9.17) is 5.73 Å². The van der Waals surface area contributed by atoms with Gasteiger partial charge in [0.15, 0.2) is 0 Å². The Kier molecular flexibility index (Phi) is 4.51. The Labute approximate surface area is 106 Å². The summed E-state index contributed by atoms with van der Waals surface area (Å²) in [6, 6.07) is 4.45. The average molecular weight is 258 g/mol. The van der Waals surface area contributed by atoms with Crippen molar-refractivity contribution in [2.45, 2.75) is 32.8 Å². The summed E-state index contributed by atoms with van der Waals surface area (Å²) in [4.78, 5) is 1.72.